The highest BCUT2D eigenvalue weighted by Gasteiger charge is 2.20. The van der Waals surface area contributed by atoms with Gasteiger partial charge in [-0.05, 0) is 37.3 Å². The summed E-state index contributed by atoms with van der Waals surface area (Å²) in [6.45, 7) is 2.26. The zero-order valence-electron chi connectivity index (χ0n) is 14.3. The molecule has 1 amide bonds. The average molecular weight is 356 g/mol. The van der Waals surface area contributed by atoms with Crippen molar-refractivity contribution < 1.29 is 13.9 Å². The lowest BCUT2D eigenvalue weighted by atomic mass is 9.93. The second-order valence-electron chi connectivity index (χ2n) is 6.58. The number of aromatic nitrogens is 1. The predicted octanol–water partition coefficient (Wildman–Crippen LogP) is 4.20. The fourth-order valence-corrected chi connectivity index (χ4v) is 4.44. The third kappa shape index (κ3) is 3.26. The lowest BCUT2D eigenvalue weighted by molar-refractivity contribution is -0.115. The third-order valence-electron chi connectivity index (χ3n) is 4.65. The molecule has 1 aliphatic carbocycles. The highest BCUT2D eigenvalue weighted by molar-refractivity contribution is 7.15. The van der Waals surface area contributed by atoms with Gasteiger partial charge in [-0.1, -0.05) is 6.92 Å². The molecule has 0 bridgehead atoms. The van der Waals surface area contributed by atoms with E-state index in [0.717, 1.165) is 40.8 Å². The number of nitrogens with one attached hydrogen (secondary N) is 1. The second kappa shape index (κ2) is 6.52. The van der Waals surface area contributed by atoms with Crippen molar-refractivity contribution in [3.8, 4) is 5.75 Å². The Morgan fingerprint density at radius 1 is 1.48 bits per heavy atom. The summed E-state index contributed by atoms with van der Waals surface area (Å²) in [6.07, 6.45) is 5.15. The van der Waals surface area contributed by atoms with E-state index in [1.807, 2.05) is 18.2 Å². The quantitative estimate of drug-likeness (QED) is 0.761. The fraction of sp³-hybridized carbons (Fsp3) is 0.368. The van der Waals surface area contributed by atoms with Crippen LogP contribution < -0.4 is 10.1 Å². The van der Waals surface area contributed by atoms with Gasteiger partial charge in [-0.25, -0.2) is 4.98 Å². The van der Waals surface area contributed by atoms with Crippen LogP contribution in [-0.4, -0.2) is 18.0 Å². The average Bonchev–Trinajstić information content (AvgIpc) is 3.17. The standard InChI is InChI=1S/C19H20N2O3S/c1-11-3-6-15-17(7-11)25-19(20-15)21-18(22)8-12-10-24-16-9-13(23-2)4-5-14(12)16/h4-5,9-11H,3,6-8H2,1-2H3,(H,20,21,22)/t11-/m1/s1. The SMILES string of the molecule is COc1ccc2c(CC(=O)Nc3nc4c(s3)C[C@H](C)CC4)coc2c1. The molecule has 0 radical (unpaired) electrons. The molecule has 1 aromatic carbocycles. The zero-order chi connectivity index (χ0) is 17.4. The molecule has 130 valence electrons. The first-order chi connectivity index (χ1) is 12.1. The number of fused-ring (bicyclic) bond motifs is 2. The molecule has 1 aliphatic rings. The lowest BCUT2D eigenvalue weighted by Crippen LogP contribution is -2.14. The van der Waals surface area contributed by atoms with Crippen LogP contribution in [0, 0.1) is 5.92 Å². The molecule has 0 unspecified atom stereocenters. The number of methoxy groups -OCH3 is 1. The number of aryl methyl sites for hydroxylation is 1. The number of benzene rings is 1. The minimum absolute atomic E-state index is 0.0716. The van der Waals surface area contributed by atoms with E-state index in [0.29, 0.717) is 11.0 Å². The summed E-state index contributed by atoms with van der Waals surface area (Å²) in [6, 6.07) is 5.62. The monoisotopic (exact) mass is 356 g/mol. The topological polar surface area (TPSA) is 64.4 Å². The van der Waals surface area contributed by atoms with E-state index in [2.05, 4.69) is 17.2 Å². The Morgan fingerprint density at radius 3 is 3.20 bits per heavy atom. The molecule has 2 aromatic heterocycles. The Hall–Kier alpha value is -2.34. The second-order valence-corrected chi connectivity index (χ2v) is 7.67. The van der Waals surface area contributed by atoms with Crippen molar-refractivity contribution in [1.82, 2.24) is 4.98 Å². The molecule has 0 aliphatic heterocycles. The van der Waals surface area contributed by atoms with Gasteiger partial charge in [-0.3, -0.25) is 4.79 Å². The molecule has 0 saturated carbocycles. The van der Waals surface area contributed by atoms with Crippen molar-refractivity contribution in [3.05, 3.63) is 40.6 Å². The van der Waals surface area contributed by atoms with Gasteiger partial charge in [-0.2, -0.15) is 0 Å². The number of carbonyl (C=O) groups excluding carboxylic acids is 1. The van der Waals surface area contributed by atoms with Crippen LogP contribution in [0.3, 0.4) is 0 Å². The lowest BCUT2D eigenvalue weighted by Gasteiger charge is -2.15. The third-order valence-corrected chi connectivity index (χ3v) is 5.68. The molecule has 0 fully saturated rings. The molecule has 0 saturated heterocycles. The normalized spacial score (nSPS) is 16.6. The first-order valence-electron chi connectivity index (χ1n) is 8.45. The minimum Gasteiger partial charge on any atom is -0.497 e. The summed E-state index contributed by atoms with van der Waals surface area (Å²) >= 11 is 1.61. The van der Waals surface area contributed by atoms with Gasteiger partial charge in [0.1, 0.15) is 11.3 Å². The van der Waals surface area contributed by atoms with Crippen molar-refractivity contribution >= 4 is 33.3 Å². The van der Waals surface area contributed by atoms with Crippen LogP contribution in [0.1, 0.15) is 29.5 Å². The van der Waals surface area contributed by atoms with E-state index in [-0.39, 0.29) is 12.3 Å². The van der Waals surface area contributed by atoms with E-state index in [1.165, 1.54) is 11.3 Å². The number of furan rings is 1. The summed E-state index contributed by atoms with van der Waals surface area (Å²) < 4.78 is 10.7. The number of anilines is 1. The van der Waals surface area contributed by atoms with Gasteiger partial charge < -0.3 is 14.5 Å². The predicted molar refractivity (Wildman–Crippen MR) is 98.4 cm³/mol. The number of rotatable bonds is 4. The van der Waals surface area contributed by atoms with E-state index in [9.17, 15) is 4.79 Å². The Morgan fingerprint density at radius 2 is 2.36 bits per heavy atom. The maximum atomic E-state index is 12.4. The van der Waals surface area contributed by atoms with Crippen LogP contribution in [-0.2, 0) is 24.1 Å². The number of carbonyl (C=O) groups is 1. The molecular formula is C19H20N2O3S. The molecule has 1 N–H and O–H groups in total. The molecule has 3 aromatic rings. The van der Waals surface area contributed by atoms with Crippen molar-refractivity contribution in [2.24, 2.45) is 5.92 Å². The molecule has 2 heterocycles. The number of hydrogen-bond acceptors (Lipinski definition) is 5. The van der Waals surface area contributed by atoms with Gasteiger partial charge in [0.15, 0.2) is 5.13 Å². The Bertz CT molecular complexity index is 928. The Labute approximate surface area is 150 Å². The van der Waals surface area contributed by atoms with E-state index >= 15 is 0 Å². The van der Waals surface area contributed by atoms with Gasteiger partial charge in [0.25, 0.3) is 0 Å². The van der Waals surface area contributed by atoms with Crippen LogP contribution >= 0.6 is 11.3 Å². The van der Waals surface area contributed by atoms with Gasteiger partial charge in [-0.15, -0.1) is 11.3 Å². The maximum Gasteiger partial charge on any atom is 0.230 e. The number of nitrogens with zero attached hydrogens (tertiary/aromatic N) is 1. The fourth-order valence-electron chi connectivity index (χ4n) is 3.26. The van der Waals surface area contributed by atoms with E-state index in [1.54, 1.807) is 24.7 Å². The van der Waals surface area contributed by atoms with Crippen LogP contribution in [0.5, 0.6) is 5.75 Å². The Balaban J connectivity index is 1.47. The van der Waals surface area contributed by atoms with E-state index in [4.69, 9.17) is 9.15 Å². The summed E-state index contributed by atoms with van der Waals surface area (Å²) in [5.74, 6) is 1.36. The van der Waals surface area contributed by atoms with Gasteiger partial charge in [0.05, 0.1) is 25.5 Å². The van der Waals surface area contributed by atoms with Crippen LogP contribution in [0.25, 0.3) is 11.0 Å². The summed E-state index contributed by atoms with van der Waals surface area (Å²) in [4.78, 5) is 18.3. The molecular weight excluding hydrogens is 336 g/mol. The molecule has 4 rings (SSSR count). The van der Waals surface area contributed by atoms with Gasteiger partial charge in [0.2, 0.25) is 5.91 Å². The number of ether oxygens (including phenoxy) is 1. The zero-order valence-corrected chi connectivity index (χ0v) is 15.1. The van der Waals surface area contributed by atoms with Crippen molar-refractivity contribution in [2.45, 2.75) is 32.6 Å². The number of hydrogen-bond donors (Lipinski definition) is 1. The van der Waals surface area contributed by atoms with Gasteiger partial charge in [0, 0.05) is 21.9 Å². The highest BCUT2D eigenvalue weighted by atomic mass is 32.1. The maximum absolute atomic E-state index is 12.4. The van der Waals surface area contributed by atoms with Crippen molar-refractivity contribution in [2.75, 3.05) is 12.4 Å². The van der Waals surface area contributed by atoms with Crippen LogP contribution in [0.15, 0.2) is 28.9 Å². The smallest absolute Gasteiger partial charge is 0.230 e. The van der Waals surface area contributed by atoms with Crippen molar-refractivity contribution in [1.29, 1.82) is 0 Å². The molecule has 6 heteroatoms. The summed E-state index contributed by atoms with van der Waals surface area (Å²) in [7, 11) is 1.62. The summed E-state index contributed by atoms with van der Waals surface area (Å²) in [5, 5.41) is 4.58. The largest absolute Gasteiger partial charge is 0.497 e. The first-order valence-corrected chi connectivity index (χ1v) is 9.26. The number of amides is 1. The summed E-state index contributed by atoms with van der Waals surface area (Å²) in [5.41, 5.74) is 2.74. The minimum atomic E-state index is -0.0716. The van der Waals surface area contributed by atoms with Crippen LogP contribution in [0.2, 0.25) is 0 Å². The van der Waals surface area contributed by atoms with E-state index < -0.39 is 0 Å². The van der Waals surface area contributed by atoms with Crippen molar-refractivity contribution in [3.63, 3.8) is 0 Å². The molecule has 1 atom stereocenters. The Kier molecular flexibility index (Phi) is 4.21. The number of thiazole rings is 1. The molecule has 0 spiro atoms. The highest BCUT2D eigenvalue weighted by Crippen LogP contribution is 2.32. The molecule has 25 heavy (non-hydrogen) atoms. The van der Waals surface area contributed by atoms with Crippen LogP contribution in [0.4, 0.5) is 5.13 Å². The molecule has 5 nitrogen and oxygen atoms in total. The first kappa shape index (κ1) is 16.1. The van der Waals surface area contributed by atoms with Gasteiger partial charge >= 0.3 is 0 Å².